The second-order valence-corrected chi connectivity index (χ2v) is 4.89. The molecule has 1 aromatic rings. The highest BCUT2D eigenvalue weighted by molar-refractivity contribution is 6.30. The molecule has 2 amide bonds. The van der Waals surface area contributed by atoms with Gasteiger partial charge < -0.3 is 10.6 Å². The fourth-order valence-corrected chi connectivity index (χ4v) is 2.37. The van der Waals surface area contributed by atoms with Gasteiger partial charge >= 0.3 is 0 Å². The number of benzene rings is 1. The molecule has 5 heteroatoms. The topological polar surface area (TPSA) is 63.4 Å². The number of halogens is 1. The molecule has 0 unspecified atom stereocenters. The second-order valence-electron chi connectivity index (χ2n) is 4.45. The van der Waals surface area contributed by atoms with Gasteiger partial charge in [0, 0.05) is 11.6 Å². The summed E-state index contributed by atoms with van der Waals surface area (Å²) in [6, 6.07) is 6.69. The van der Waals surface area contributed by atoms with Gasteiger partial charge in [0.25, 0.3) is 0 Å². The summed E-state index contributed by atoms with van der Waals surface area (Å²) < 4.78 is 0. The van der Waals surface area contributed by atoms with Crippen LogP contribution in [0.2, 0.25) is 5.02 Å². The van der Waals surface area contributed by atoms with Crippen molar-refractivity contribution in [3.8, 4) is 0 Å². The van der Waals surface area contributed by atoms with Crippen molar-refractivity contribution in [3.63, 3.8) is 0 Å². The summed E-state index contributed by atoms with van der Waals surface area (Å²) >= 11 is 5.78. The summed E-state index contributed by atoms with van der Waals surface area (Å²) in [5, 5.41) is 0.641. The van der Waals surface area contributed by atoms with Crippen LogP contribution in [-0.4, -0.2) is 29.3 Å². The number of nitrogens with two attached hydrogens (primary N) is 1. The lowest BCUT2D eigenvalue weighted by Gasteiger charge is -2.22. The minimum absolute atomic E-state index is 0.0568. The van der Waals surface area contributed by atoms with E-state index in [4.69, 9.17) is 17.3 Å². The lowest BCUT2D eigenvalue weighted by atomic mass is 10.1. The van der Waals surface area contributed by atoms with Gasteiger partial charge in [-0.05, 0) is 30.5 Å². The predicted octanol–water partition coefficient (Wildman–Crippen LogP) is 1.36. The molecule has 0 aliphatic carbocycles. The van der Waals surface area contributed by atoms with Crippen LogP contribution in [0.3, 0.4) is 0 Å². The van der Waals surface area contributed by atoms with E-state index in [-0.39, 0.29) is 12.3 Å². The summed E-state index contributed by atoms with van der Waals surface area (Å²) in [5.41, 5.74) is 6.18. The monoisotopic (exact) mass is 266 g/mol. The molecule has 0 saturated carbocycles. The quantitative estimate of drug-likeness (QED) is 0.898. The van der Waals surface area contributed by atoms with E-state index in [1.165, 1.54) is 0 Å². The van der Waals surface area contributed by atoms with Gasteiger partial charge in [0.2, 0.25) is 11.8 Å². The first-order valence-corrected chi connectivity index (χ1v) is 6.29. The fourth-order valence-electron chi connectivity index (χ4n) is 2.24. The second kappa shape index (κ2) is 5.40. The highest BCUT2D eigenvalue weighted by atomic mass is 35.5. The van der Waals surface area contributed by atoms with Gasteiger partial charge in [-0.15, -0.1) is 0 Å². The van der Waals surface area contributed by atoms with Crippen LogP contribution in [-0.2, 0) is 16.0 Å². The molecule has 1 heterocycles. The summed E-state index contributed by atoms with van der Waals surface area (Å²) in [7, 11) is 0. The number of hydrogen-bond donors (Lipinski definition) is 1. The van der Waals surface area contributed by atoms with Crippen molar-refractivity contribution in [1.29, 1.82) is 0 Å². The molecule has 1 fully saturated rings. The van der Waals surface area contributed by atoms with E-state index < -0.39 is 11.9 Å². The van der Waals surface area contributed by atoms with Crippen molar-refractivity contribution in [3.05, 3.63) is 34.9 Å². The zero-order valence-corrected chi connectivity index (χ0v) is 10.7. The maximum Gasteiger partial charge on any atom is 0.240 e. The molecular weight excluding hydrogens is 252 g/mol. The summed E-state index contributed by atoms with van der Waals surface area (Å²) in [5.74, 6) is -0.476. The molecule has 0 aromatic heterocycles. The Hall–Kier alpha value is -1.55. The molecule has 1 aromatic carbocycles. The molecule has 2 N–H and O–H groups in total. The van der Waals surface area contributed by atoms with Gasteiger partial charge in [-0.2, -0.15) is 0 Å². The molecule has 96 valence electrons. The van der Waals surface area contributed by atoms with Gasteiger partial charge in [-0.1, -0.05) is 23.7 Å². The predicted molar refractivity (Wildman–Crippen MR) is 69.1 cm³/mol. The first kappa shape index (κ1) is 12.9. The standard InChI is InChI=1S/C13H15ClN2O2/c14-10-5-3-9(4-6-10)8-12(17)16-7-1-2-11(16)13(15)18/h3-6,11H,1-2,7-8H2,(H2,15,18)/t11-/m0/s1. The zero-order chi connectivity index (χ0) is 13.1. The largest absolute Gasteiger partial charge is 0.368 e. The van der Waals surface area contributed by atoms with Crippen molar-refractivity contribution in [2.75, 3.05) is 6.54 Å². The van der Waals surface area contributed by atoms with E-state index in [1.54, 1.807) is 17.0 Å². The molecule has 1 atom stereocenters. The number of likely N-dealkylation sites (tertiary alicyclic amines) is 1. The first-order valence-electron chi connectivity index (χ1n) is 5.91. The van der Waals surface area contributed by atoms with Crippen LogP contribution in [0, 0.1) is 0 Å². The molecule has 4 nitrogen and oxygen atoms in total. The van der Waals surface area contributed by atoms with Crippen molar-refractivity contribution in [2.24, 2.45) is 5.73 Å². The van der Waals surface area contributed by atoms with Crippen LogP contribution in [0.25, 0.3) is 0 Å². The number of carbonyl (C=O) groups excluding carboxylic acids is 2. The minimum atomic E-state index is -0.440. The normalized spacial score (nSPS) is 18.9. The summed E-state index contributed by atoms with van der Waals surface area (Å²) in [6.45, 7) is 0.611. The van der Waals surface area contributed by atoms with E-state index in [0.29, 0.717) is 18.0 Å². The third-order valence-corrected chi connectivity index (χ3v) is 3.42. The number of nitrogens with zero attached hydrogens (tertiary/aromatic N) is 1. The number of primary amides is 1. The molecule has 18 heavy (non-hydrogen) atoms. The Balaban J connectivity index is 2.03. The number of hydrogen-bond acceptors (Lipinski definition) is 2. The minimum Gasteiger partial charge on any atom is -0.368 e. The maximum atomic E-state index is 12.1. The molecular formula is C13H15ClN2O2. The van der Waals surface area contributed by atoms with Gasteiger partial charge in [-0.25, -0.2) is 0 Å². The van der Waals surface area contributed by atoms with Crippen LogP contribution in [0.15, 0.2) is 24.3 Å². The Morgan fingerprint density at radius 1 is 1.33 bits per heavy atom. The molecule has 0 bridgehead atoms. The average Bonchev–Trinajstić information content (AvgIpc) is 2.81. The number of carbonyl (C=O) groups is 2. The number of amides is 2. The summed E-state index contributed by atoms with van der Waals surface area (Å²) in [4.78, 5) is 24.9. The average molecular weight is 267 g/mol. The van der Waals surface area contributed by atoms with E-state index >= 15 is 0 Å². The SMILES string of the molecule is NC(=O)[C@@H]1CCCN1C(=O)Cc1ccc(Cl)cc1. The molecule has 1 aliphatic rings. The Morgan fingerprint density at radius 2 is 2.00 bits per heavy atom. The Morgan fingerprint density at radius 3 is 2.61 bits per heavy atom. The lowest BCUT2D eigenvalue weighted by molar-refractivity contribution is -0.136. The molecule has 1 aliphatic heterocycles. The summed E-state index contributed by atoms with van der Waals surface area (Å²) in [6.07, 6.45) is 1.78. The van der Waals surface area contributed by atoms with Crippen molar-refractivity contribution < 1.29 is 9.59 Å². The molecule has 1 saturated heterocycles. The Kier molecular flexibility index (Phi) is 3.87. The molecule has 2 rings (SSSR count). The van der Waals surface area contributed by atoms with Crippen molar-refractivity contribution in [1.82, 2.24) is 4.90 Å². The molecule has 0 radical (unpaired) electrons. The highest BCUT2D eigenvalue weighted by Gasteiger charge is 2.32. The van der Waals surface area contributed by atoms with Crippen molar-refractivity contribution >= 4 is 23.4 Å². The van der Waals surface area contributed by atoms with E-state index in [1.807, 2.05) is 12.1 Å². The van der Waals surface area contributed by atoms with Gasteiger partial charge in [-0.3, -0.25) is 9.59 Å². The van der Waals surface area contributed by atoms with Crippen LogP contribution in [0.4, 0.5) is 0 Å². The van der Waals surface area contributed by atoms with Gasteiger partial charge in [0.1, 0.15) is 6.04 Å². The van der Waals surface area contributed by atoms with E-state index in [0.717, 1.165) is 12.0 Å². The van der Waals surface area contributed by atoms with Crippen molar-refractivity contribution in [2.45, 2.75) is 25.3 Å². The first-order chi connectivity index (χ1) is 8.58. The lowest BCUT2D eigenvalue weighted by Crippen LogP contribution is -2.44. The smallest absolute Gasteiger partial charge is 0.240 e. The van der Waals surface area contributed by atoms with Gasteiger partial charge in [0.05, 0.1) is 6.42 Å². The van der Waals surface area contributed by atoms with Crippen LogP contribution >= 0.6 is 11.6 Å². The zero-order valence-electron chi connectivity index (χ0n) is 9.93. The van der Waals surface area contributed by atoms with E-state index in [2.05, 4.69) is 0 Å². The molecule has 0 spiro atoms. The third kappa shape index (κ3) is 2.82. The van der Waals surface area contributed by atoms with E-state index in [9.17, 15) is 9.59 Å². The van der Waals surface area contributed by atoms with Gasteiger partial charge in [0.15, 0.2) is 0 Å². The maximum absolute atomic E-state index is 12.1. The highest BCUT2D eigenvalue weighted by Crippen LogP contribution is 2.19. The van der Waals surface area contributed by atoms with Crippen LogP contribution < -0.4 is 5.73 Å². The Bertz CT molecular complexity index is 459. The van der Waals surface area contributed by atoms with Crippen LogP contribution in [0.5, 0.6) is 0 Å². The Labute approximate surface area is 111 Å². The fraction of sp³-hybridized carbons (Fsp3) is 0.385. The third-order valence-electron chi connectivity index (χ3n) is 3.17. The number of rotatable bonds is 3. The van der Waals surface area contributed by atoms with Crippen LogP contribution in [0.1, 0.15) is 18.4 Å².